The minimum Gasteiger partial charge on any atom is -0.384 e. The lowest BCUT2D eigenvalue weighted by molar-refractivity contribution is 0.969. The molecular formula is C17H23BrN2. The molecule has 1 N–H and O–H groups in total. The van der Waals surface area contributed by atoms with Gasteiger partial charge in [-0.1, -0.05) is 29.8 Å². The predicted octanol–water partition coefficient (Wildman–Crippen LogP) is 5.31. The van der Waals surface area contributed by atoms with Gasteiger partial charge in [0.2, 0.25) is 0 Å². The van der Waals surface area contributed by atoms with Gasteiger partial charge in [0.1, 0.15) is 0 Å². The zero-order valence-electron chi connectivity index (χ0n) is 13.0. The maximum absolute atomic E-state index is 4.86. The molecule has 3 heteroatoms. The van der Waals surface area contributed by atoms with Crippen LogP contribution >= 0.6 is 15.9 Å². The van der Waals surface area contributed by atoms with Crippen LogP contribution in [0.4, 0.5) is 5.69 Å². The van der Waals surface area contributed by atoms with Crippen molar-refractivity contribution in [3.8, 4) is 0 Å². The van der Waals surface area contributed by atoms with E-state index in [-0.39, 0.29) is 0 Å². The first kappa shape index (κ1) is 15.3. The largest absolute Gasteiger partial charge is 0.384 e. The van der Waals surface area contributed by atoms with Crippen LogP contribution in [0.15, 0.2) is 10.5 Å². The summed E-state index contributed by atoms with van der Waals surface area (Å²) in [5.74, 6) is 0. The Balaban J connectivity index is 2.82. The maximum atomic E-state index is 4.86. The van der Waals surface area contributed by atoms with Crippen LogP contribution in [0.5, 0.6) is 0 Å². The first-order chi connectivity index (χ1) is 9.51. The van der Waals surface area contributed by atoms with E-state index in [9.17, 15) is 0 Å². The second-order valence-electron chi connectivity index (χ2n) is 5.37. The Morgan fingerprint density at radius 1 is 1.15 bits per heavy atom. The van der Waals surface area contributed by atoms with Crippen molar-refractivity contribution in [1.29, 1.82) is 0 Å². The minimum absolute atomic E-state index is 0.969. The number of anilines is 1. The van der Waals surface area contributed by atoms with Crippen molar-refractivity contribution >= 4 is 32.5 Å². The van der Waals surface area contributed by atoms with Crippen LogP contribution < -0.4 is 5.32 Å². The van der Waals surface area contributed by atoms with Gasteiger partial charge in [-0.05, 0) is 56.4 Å². The minimum atomic E-state index is 0.969. The van der Waals surface area contributed by atoms with Crippen molar-refractivity contribution in [2.75, 3.05) is 11.9 Å². The molecule has 0 saturated carbocycles. The number of aromatic nitrogens is 1. The summed E-state index contributed by atoms with van der Waals surface area (Å²) in [6, 6.07) is 2.18. The van der Waals surface area contributed by atoms with Crippen molar-refractivity contribution in [2.45, 2.75) is 47.5 Å². The Labute approximate surface area is 130 Å². The van der Waals surface area contributed by atoms with Crippen molar-refractivity contribution in [2.24, 2.45) is 0 Å². The molecule has 0 amide bonds. The van der Waals surface area contributed by atoms with E-state index in [0.717, 1.165) is 24.9 Å². The summed E-state index contributed by atoms with van der Waals surface area (Å²) in [4.78, 5) is 4.86. The molecule has 1 heterocycles. The molecule has 2 aromatic rings. The molecule has 1 aromatic heterocycles. The monoisotopic (exact) mass is 334 g/mol. The Hall–Kier alpha value is -1.09. The van der Waals surface area contributed by atoms with Crippen LogP contribution in [-0.2, 0) is 6.42 Å². The number of pyridine rings is 1. The molecule has 0 saturated heterocycles. The van der Waals surface area contributed by atoms with Crippen LogP contribution in [0.2, 0.25) is 0 Å². The molecule has 0 unspecified atom stereocenters. The summed E-state index contributed by atoms with van der Waals surface area (Å²) in [5.41, 5.74) is 7.35. The van der Waals surface area contributed by atoms with Crippen molar-refractivity contribution in [3.05, 3.63) is 32.9 Å². The summed E-state index contributed by atoms with van der Waals surface area (Å²) in [7, 11) is 0. The summed E-state index contributed by atoms with van der Waals surface area (Å²) in [5, 5.41) is 4.86. The molecule has 0 aliphatic rings. The van der Waals surface area contributed by atoms with Gasteiger partial charge in [-0.2, -0.15) is 0 Å². The predicted molar refractivity (Wildman–Crippen MR) is 91.8 cm³/mol. The zero-order valence-corrected chi connectivity index (χ0v) is 14.6. The van der Waals surface area contributed by atoms with E-state index in [2.05, 4.69) is 61.9 Å². The summed E-state index contributed by atoms with van der Waals surface area (Å²) in [6.07, 6.45) is 2.09. The van der Waals surface area contributed by atoms with Gasteiger partial charge >= 0.3 is 0 Å². The quantitative estimate of drug-likeness (QED) is 0.819. The molecule has 0 atom stereocenters. The molecule has 0 aliphatic heterocycles. The lowest BCUT2D eigenvalue weighted by atomic mass is 9.99. The third-order valence-corrected chi connectivity index (χ3v) is 5.08. The molecule has 108 valence electrons. The van der Waals surface area contributed by atoms with Gasteiger partial charge in [0.05, 0.1) is 5.52 Å². The van der Waals surface area contributed by atoms with Crippen LogP contribution in [0.1, 0.15) is 42.7 Å². The molecule has 1 aromatic carbocycles. The highest BCUT2D eigenvalue weighted by Gasteiger charge is 2.15. The summed E-state index contributed by atoms with van der Waals surface area (Å²) >= 11 is 3.71. The number of nitrogens with zero attached hydrogens (tertiary/aromatic N) is 1. The molecule has 0 bridgehead atoms. The number of aryl methyl sites for hydroxylation is 3. The van der Waals surface area contributed by atoms with Gasteiger partial charge in [-0.25, -0.2) is 0 Å². The van der Waals surface area contributed by atoms with E-state index < -0.39 is 0 Å². The normalized spacial score (nSPS) is 11.1. The van der Waals surface area contributed by atoms with Crippen molar-refractivity contribution in [3.63, 3.8) is 0 Å². The lowest BCUT2D eigenvalue weighted by Gasteiger charge is -2.18. The van der Waals surface area contributed by atoms with Crippen LogP contribution in [0.25, 0.3) is 10.9 Å². The van der Waals surface area contributed by atoms with Crippen molar-refractivity contribution < 1.29 is 0 Å². The smallest absolute Gasteiger partial charge is 0.0732 e. The van der Waals surface area contributed by atoms with Gasteiger partial charge in [0.15, 0.2) is 0 Å². The van der Waals surface area contributed by atoms with Crippen LogP contribution in [-0.4, -0.2) is 11.5 Å². The zero-order chi connectivity index (χ0) is 14.9. The fourth-order valence-corrected chi connectivity index (χ4v) is 3.03. The van der Waals surface area contributed by atoms with E-state index in [0.29, 0.717) is 0 Å². The SMILES string of the molecule is CCCNc1c(C)c(CC)nc2cc(C)c(Br)c(C)c12. The highest BCUT2D eigenvalue weighted by Crippen LogP contribution is 2.36. The number of benzene rings is 1. The van der Waals surface area contributed by atoms with E-state index in [4.69, 9.17) is 4.98 Å². The Bertz CT molecular complexity index is 647. The number of nitrogens with one attached hydrogen (secondary N) is 1. The fourth-order valence-electron chi connectivity index (χ4n) is 2.72. The van der Waals surface area contributed by atoms with Gasteiger partial charge < -0.3 is 5.32 Å². The number of rotatable bonds is 4. The highest BCUT2D eigenvalue weighted by molar-refractivity contribution is 9.10. The maximum Gasteiger partial charge on any atom is 0.0732 e. The number of halogens is 1. The molecule has 0 aliphatic carbocycles. The third kappa shape index (κ3) is 2.56. The standard InChI is InChI=1S/C17H23BrN2/c1-6-8-19-17-11(4)13(7-2)20-14-9-10(3)16(18)12(5)15(14)17/h9H,6-8H2,1-5H3,(H,19,20). The second-order valence-corrected chi connectivity index (χ2v) is 6.16. The molecular weight excluding hydrogens is 312 g/mol. The first-order valence-corrected chi connectivity index (χ1v) is 8.13. The lowest BCUT2D eigenvalue weighted by Crippen LogP contribution is -2.07. The average Bonchev–Trinajstić information content (AvgIpc) is 2.44. The Kier molecular flexibility index (Phi) is 4.69. The number of fused-ring (bicyclic) bond motifs is 1. The van der Waals surface area contributed by atoms with E-state index >= 15 is 0 Å². The van der Waals surface area contributed by atoms with Crippen LogP contribution in [0.3, 0.4) is 0 Å². The van der Waals surface area contributed by atoms with Crippen LogP contribution in [0, 0.1) is 20.8 Å². The summed E-state index contributed by atoms with van der Waals surface area (Å²) in [6.45, 7) is 11.8. The molecule has 0 spiro atoms. The Morgan fingerprint density at radius 2 is 1.85 bits per heavy atom. The van der Waals surface area contributed by atoms with E-state index in [1.807, 2.05) is 0 Å². The molecule has 0 radical (unpaired) electrons. The fraction of sp³-hybridized carbons (Fsp3) is 0.471. The van der Waals surface area contributed by atoms with Gasteiger partial charge in [0.25, 0.3) is 0 Å². The molecule has 0 fully saturated rings. The van der Waals surface area contributed by atoms with Crippen molar-refractivity contribution in [1.82, 2.24) is 4.98 Å². The first-order valence-electron chi connectivity index (χ1n) is 7.33. The highest BCUT2D eigenvalue weighted by atomic mass is 79.9. The van der Waals surface area contributed by atoms with E-state index in [1.165, 1.54) is 37.9 Å². The number of hydrogen-bond donors (Lipinski definition) is 1. The Morgan fingerprint density at radius 3 is 2.45 bits per heavy atom. The van der Waals surface area contributed by atoms with E-state index in [1.54, 1.807) is 0 Å². The van der Waals surface area contributed by atoms with Gasteiger partial charge in [-0.3, -0.25) is 4.98 Å². The van der Waals surface area contributed by atoms with Gasteiger partial charge in [0, 0.05) is 27.8 Å². The summed E-state index contributed by atoms with van der Waals surface area (Å²) < 4.78 is 1.19. The molecule has 2 nitrogen and oxygen atoms in total. The molecule has 2 rings (SSSR count). The topological polar surface area (TPSA) is 24.9 Å². The van der Waals surface area contributed by atoms with Gasteiger partial charge in [-0.15, -0.1) is 0 Å². The molecule has 20 heavy (non-hydrogen) atoms. The average molecular weight is 335 g/mol. The third-order valence-electron chi connectivity index (χ3n) is 3.86. The number of hydrogen-bond acceptors (Lipinski definition) is 2. The second kappa shape index (κ2) is 6.13.